The highest BCUT2D eigenvalue weighted by Crippen LogP contribution is 2.49. The summed E-state index contributed by atoms with van der Waals surface area (Å²) in [5, 5.41) is 15.0. The number of para-hydroxylation sites is 1. The highest BCUT2D eigenvalue weighted by Gasteiger charge is 2.47. The van der Waals surface area contributed by atoms with Crippen LogP contribution in [0.5, 0.6) is 5.75 Å². The molecule has 0 bridgehead atoms. The first kappa shape index (κ1) is 53.9. The first-order valence-electron chi connectivity index (χ1n) is 23.7. The molecular formula is C52H58F2N7O10S2+. The number of anilines is 1. The van der Waals surface area contributed by atoms with Crippen LogP contribution in [0.1, 0.15) is 87.7 Å². The van der Waals surface area contributed by atoms with Crippen LogP contribution in [0.15, 0.2) is 113 Å². The lowest BCUT2D eigenvalue weighted by molar-refractivity contribution is -0.401. The number of rotatable bonds is 19. The molecule has 4 aromatic rings. The lowest BCUT2D eigenvalue weighted by atomic mass is 9.81. The number of carbonyl (C=O) groups is 3. The van der Waals surface area contributed by atoms with Gasteiger partial charge in [0.25, 0.3) is 32.1 Å². The number of amides is 3. The maximum absolute atomic E-state index is 13.9. The summed E-state index contributed by atoms with van der Waals surface area (Å²) < 4.78 is 103. The van der Waals surface area contributed by atoms with Gasteiger partial charge in [0.2, 0.25) is 17.5 Å². The third-order valence-electron chi connectivity index (χ3n) is 13.5. The predicted octanol–water partition coefficient (Wildman–Crippen LogP) is 7.16. The largest absolute Gasteiger partial charge is 0.491 e. The number of hydrogen-bond donors (Lipinski definition) is 4. The van der Waals surface area contributed by atoms with E-state index < -0.39 is 74.4 Å². The monoisotopic (exact) mass is 1040 g/mol. The molecule has 1 aromatic heterocycles. The third-order valence-corrected chi connectivity index (χ3v) is 15.2. The van der Waals surface area contributed by atoms with Gasteiger partial charge in [0.15, 0.2) is 5.71 Å². The van der Waals surface area contributed by atoms with Gasteiger partial charge in [0.1, 0.15) is 24.4 Å². The first-order valence-corrected chi connectivity index (χ1v) is 26.5. The van der Waals surface area contributed by atoms with Crippen molar-refractivity contribution in [2.45, 2.75) is 98.8 Å². The molecule has 1 atom stereocenters. The zero-order valence-electron chi connectivity index (χ0n) is 41.1. The molecule has 73 heavy (non-hydrogen) atoms. The van der Waals surface area contributed by atoms with Crippen molar-refractivity contribution < 1.29 is 58.4 Å². The Hall–Kier alpha value is -6.86. The third kappa shape index (κ3) is 11.8. The minimum atomic E-state index is -4.46. The lowest BCUT2D eigenvalue weighted by Gasteiger charge is -2.27. The van der Waals surface area contributed by atoms with E-state index in [1.165, 1.54) is 36.5 Å². The Morgan fingerprint density at radius 3 is 2.33 bits per heavy atom. The Labute approximate surface area is 423 Å². The van der Waals surface area contributed by atoms with Crippen molar-refractivity contribution in [3.05, 3.63) is 120 Å². The quantitative estimate of drug-likeness (QED) is 0.0316. The van der Waals surface area contributed by atoms with Crippen molar-refractivity contribution in [3.8, 4) is 11.8 Å². The summed E-state index contributed by atoms with van der Waals surface area (Å²) in [5.74, 6) is -4.33. The first-order chi connectivity index (χ1) is 34.3. The van der Waals surface area contributed by atoms with Crippen LogP contribution < -0.4 is 20.3 Å². The molecule has 3 amide bonds. The van der Waals surface area contributed by atoms with Gasteiger partial charge in [-0.05, 0) is 87.2 Å². The number of allylic oxidation sites excluding steroid dienone is 6. The van der Waals surface area contributed by atoms with E-state index in [0.717, 1.165) is 45.2 Å². The Bertz CT molecular complexity index is 3250. The molecule has 386 valence electrons. The Morgan fingerprint density at radius 1 is 0.904 bits per heavy atom. The summed E-state index contributed by atoms with van der Waals surface area (Å²) in [4.78, 5) is 45.5. The van der Waals surface area contributed by atoms with Crippen molar-refractivity contribution in [3.63, 3.8) is 0 Å². The molecule has 1 fully saturated rings. The van der Waals surface area contributed by atoms with Gasteiger partial charge < -0.3 is 25.2 Å². The maximum atomic E-state index is 13.9. The summed E-state index contributed by atoms with van der Waals surface area (Å²) in [6.07, 6.45) is 13.0. The molecule has 3 aromatic carbocycles. The number of ether oxygens (including phenoxy) is 1. The molecular weight excluding hydrogens is 985 g/mol. The summed E-state index contributed by atoms with van der Waals surface area (Å²) in [6, 6.07) is 16.0. The summed E-state index contributed by atoms with van der Waals surface area (Å²) in [6.45, 7) is 7.60. The number of nitrogens with one attached hydrogen (secondary N) is 2. The van der Waals surface area contributed by atoms with Gasteiger partial charge in [-0.2, -0.15) is 26.7 Å². The maximum Gasteiger partial charge on any atom is 0.294 e. The second kappa shape index (κ2) is 21.3. The van der Waals surface area contributed by atoms with Gasteiger partial charge in [0.05, 0.1) is 46.5 Å². The second-order valence-corrected chi connectivity index (χ2v) is 22.1. The standard InChI is InChI=1S/C52H57F2N7O10S2/c1-50(2)39-28-35(72(65,66)67)19-21-41(39)59(5)44(50)16-8-6-9-17-45-51(3,4)40-29-36(73(68,69)70)20-22-42(40)60(45)26-11-7-10-18-46(62)56-24-13-27-71-43-15-12-14-37-38(23-25-57-48(37)43)49(64)58-32-47(63)61-33-52(53,54)30-34(61)31-55/h6,8-9,12,14-17,19-23,25,28-29,34H,7,10-11,13,18,24,26-27,30,32-33H2,1-5H3,(H3-,56,58,62,64,65,66,67,68,69,70)/p+1. The summed E-state index contributed by atoms with van der Waals surface area (Å²) in [7, 11) is -6.95. The Balaban J connectivity index is 0.897. The predicted molar refractivity (Wildman–Crippen MR) is 269 cm³/mol. The molecule has 0 aliphatic carbocycles. The fourth-order valence-electron chi connectivity index (χ4n) is 9.70. The molecule has 4 N–H and O–H groups in total. The number of likely N-dealkylation sites (tertiary alicyclic amines) is 1. The average molecular weight is 1040 g/mol. The molecule has 0 saturated carbocycles. The zero-order valence-corrected chi connectivity index (χ0v) is 42.7. The van der Waals surface area contributed by atoms with Gasteiger partial charge in [-0.1, -0.05) is 50.6 Å². The van der Waals surface area contributed by atoms with Gasteiger partial charge in [-0.25, -0.2) is 8.78 Å². The zero-order chi connectivity index (χ0) is 53.1. The van der Waals surface area contributed by atoms with Crippen LogP contribution in [0, 0.1) is 11.3 Å². The number of nitriles is 1. The Morgan fingerprint density at radius 2 is 1.62 bits per heavy atom. The van der Waals surface area contributed by atoms with Crippen LogP contribution in [-0.2, 0) is 40.7 Å². The van der Waals surface area contributed by atoms with Gasteiger partial charge in [-0.3, -0.25) is 28.5 Å². The molecule has 1 saturated heterocycles. The average Bonchev–Trinajstić information content (AvgIpc) is 3.84. The van der Waals surface area contributed by atoms with Gasteiger partial charge in [-0.15, -0.1) is 0 Å². The molecule has 3 aliphatic heterocycles. The molecule has 21 heteroatoms. The Kier molecular flexibility index (Phi) is 15.7. The minimum Gasteiger partial charge on any atom is -0.491 e. The van der Waals surface area contributed by atoms with Crippen molar-refractivity contribution in [1.29, 1.82) is 5.26 Å². The summed E-state index contributed by atoms with van der Waals surface area (Å²) >= 11 is 0. The highest BCUT2D eigenvalue weighted by molar-refractivity contribution is 7.86. The fourth-order valence-corrected chi connectivity index (χ4v) is 10.7. The van der Waals surface area contributed by atoms with E-state index in [9.17, 15) is 54.4 Å². The molecule has 0 radical (unpaired) electrons. The molecule has 3 aliphatic rings. The number of pyridine rings is 1. The molecule has 1 unspecified atom stereocenters. The number of benzene rings is 3. The van der Waals surface area contributed by atoms with Crippen LogP contribution in [0.2, 0.25) is 0 Å². The van der Waals surface area contributed by atoms with E-state index in [-0.39, 0.29) is 27.9 Å². The van der Waals surface area contributed by atoms with Crippen molar-refractivity contribution in [2.24, 2.45) is 0 Å². The van der Waals surface area contributed by atoms with E-state index in [4.69, 9.17) is 4.74 Å². The number of halogens is 2. The van der Waals surface area contributed by atoms with Crippen LogP contribution >= 0.6 is 0 Å². The molecule has 0 spiro atoms. The number of unbranched alkanes of at least 4 members (excludes halogenated alkanes) is 2. The van der Waals surface area contributed by atoms with Gasteiger partial charge >= 0.3 is 0 Å². The molecule has 4 heterocycles. The second-order valence-electron chi connectivity index (χ2n) is 19.2. The number of nitrogens with zero attached hydrogens (tertiary/aromatic N) is 5. The van der Waals surface area contributed by atoms with Gasteiger partial charge in [0, 0.05) is 72.0 Å². The van der Waals surface area contributed by atoms with Crippen LogP contribution in [0.3, 0.4) is 0 Å². The smallest absolute Gasteiger partial charge is 0.294 e. The number of hydrogen-bond acceptors (Lipinski definition) is 11. The fraction of sp³-hybridized carbons (Fsp3) is 0.385. The normalized spacial score (nSPS) is 18.4. The van der Waals surface area contributed by atoms with Crippen molar-refractivity contribution in [1.82, 2.24) is 20.5 Å². The lowest BCUT2D eigenvalue weighted by Crippen LogP contribution is -2.43. The summed E-state index contributed by atoms with van der Waals surface area (Å²) in [5.41, 5.74) is 4.28. The topological polar surface area (TPSA) is 239 Å². The van der Waals surface area contributed by atoms with E-state index in [1.54, 1.807) is 36.4 Å². The van der Waals surface area contributed by atoms with E-state index >= 15 is 0 Å². The number of aromatic nitrogens is 1. The number of alkyl halides is 2. The van der Waals surface area contributed by atoms with Crippen LogP contribution in [-0.4, -0.2) is 116 Å². The number of fused-ring (bicyclic) bond motifs is 3. The SMILES string of the molecule is C[N+]1=C(C=CC=CC=C2N(CCCCCC(=O)NCCCOc3cccc4c(C(=O)NCC(=O)N5CC(F)(F)CC5C#N)ccnc34)c3ccc(S(=O)(=O)O)cc3C2(C)C)C(C)(C)c2cc(S(=O)(=O)O)ccc21. The van der Waals surface area contributed by atoms with Crippen LogP contribution in [0.4, 0.5) is 20.2 Å². The van der Waals surface area contributed by atoms with Crippen molar-refractivity contribution in [2.75, 3.05) is 44.7 Å². The van der Waals surface area contributed by atoms with Crippen molar-refractivity contribution >= 4 is 65.9 Å². The minimum absolute atomic E-state index is 0.121. The molecule has 17 nitrogen and oxygen atoms in total. The van der Waals surface area contributed by atoms with E-state index in [1.807, 2.05) is 69.7 Å². The highest BCUT2D eigenvalue weighted by atomic mass is 32.2. The van der Waals surface area contributed by atoms with Crippen LogP contribution in [0.25, 0.3) is 10.9 Å². The number of carbonyl (C=O) groups excluding carboxylic acids is 3. The van der Waals surface area contributed by atoms with E-state index in [2.05, 4.69) is 20.5 Å². The molecule has 7 rings (SSSR count). The van der Waals surface area contributed by atoms with E-state index in [0.29, 0.717) is 55.4 Å².